The molecule has 0 aliphatic carbocycles. The van der Waals surface area contributed by atoms with Crippen molar-refractivity contribution in [3.63, 3.8) is 0 Å². The summed E-state index contributed by atoms with van der Waals surface area (Å²) in [7, 11) is 0. The molecule has 1 N–H and O–H groups in total. The van der Waals surface area contributed by atoms with Gasteiger partial charge in [0.1, 0.15) is 0 Å². The zero-order chi connectivity index (χ0) is 14.0. The Bertz CT molecular complexity index is 434. The highest BCUT2D eigenvalue weighted by atomic mass is 19.2. The summed E-state index contributed by atoms with van der Waals surface area (Å²) in [6.07, 6.45) is 0. The van der Waals surface area contributed by atoms with E-state index in [1.54, 1.807) is 12.1 Å². The van der Waals surface area contributed by atoms with Crippen molar-refractivity contribution in [1.29, 1.82) is 0 Å². The molecule has 4 heteroatoms. The lowest BCUT2D eigenvalue weighted by atomic mass is 9.98. The lowest BCUT2D eigenvalue weighted by molar-refractivity contribution is 0.0942. The van der Waals surface area contributed by atoms with Crippen LogP contribution in [-0.2, 0) is 6.54 Å². The molecule has 2 unspecified atom stereocenters. The predicted molar refractivity (Wildman–Crippen MR) is 72.9 cm³/mol. The van der Waals surface area contributed by atoms with Gasteiger partial charge in [0.2, 0.25) is 0 Å². The average Bonchev–Trinajstić information content (AvgIpc) is 2.35. The number of piperazine rings is 1. The molecule has 106 valence electrons. The molecule has 2 nitrogen and oxygen atoms in total. The SMILES string of the molecule is CC1CN(Cc2cccc(F)c2F)C(C(C)C)CN1. The second kappa shape index (κ2) is 5.97. The molecule has 0 aromatic heterocycles. The smallest absolute Gasteiger partial charge is 0.163 e. The van der Waals surface area contributed by atoms with Crippen LogP contribution in [0.15, 0.2) is 18.2 Å². The summed E-state index contributed by atoms with van der Waals surface area (Å²) in [5, 5.41) is 3.45. The first-order valence-electron chi connectivity index (χ1n) is 6.89. The Hall–Kier alpha value is -1.00. The van der Waals surface area contributed by atoms with Gasteiger partial charge in [-0.2, -0.15) is 0 Å². The first-order chi connectivity index (χ1) is 8.99. The second-order valence-corrected chi connectivity index (χ2v) is 5.76. The first-order valence-corrected chi connectivity index (χ1v) is 6.89. The first kappa shape index (κ1) is 14.4. The lowest BCUT2D eigenvalue weighted by Gasteiger charge is -2.41. The molecule has 0 radical (unpaired) electrons. The van der Waals surface area contributed by atoms with Crippen LogP contribution in [0.5, 0.6) is 0 Å². The van der Waals surface area contributed by atoms with Crippen LogP contribution in [0.1, 0.15) is 26.3 Å². The maximum atomic E-state index is 13.8. The molecule has 1 fully saturated rings. The van der Waals surface area contributed by atoms with Crippen molar-refractivity contribution in [3.05, 3.63) is 35.4 Å². The van der Waals surface area contributed by atoms with Gasteiger partial charge in [-0.25, -0.2) is 8.78 Å². The quantitative estimate of drug-likeness (QED) is 0.907. The van der Waals surface area contributed by atoms with E-state index in [4.69, 9.17) is 0 Å². The molecule has 0 amide bonds. The Morgan fingerprint density at radius 2 is 2.11 bits per heavy atom. The van der Waals surface area contributed by atoms with Crippen LogP contribution in [0, 0.1) is 17.6 Å². The van der Waals surface area contributed by atoms with Gasteiger partial charge in [0.15, 0.2) is 11.6 Å². The van der Waals surface area contributed by atoms with Gasteiger partial charge in [-0.1, -0.05) is 26.0 Å². The van der Waals surface area contributed by atoms with E-state index in [-0.39, 0.29) is 0 Å². The van der Waals surface area contributed by atoms with Crippen LogP contribution in [-0.4, -0.2) is 30.1 Å². The lowest BCUT2D eigenvalue weighted by Crippen LogP contribution is -2.56. The Morgan fingerprint density at radius 3 is 2.79 bits per heavy atom. The number of nitrogens with one attached hydrogen (secondary N) is 1. The van der Waals surface area contributed by atoms with Gasteiger partial charge in [0.05, 0.1) is 0 Å². The highest BCUT2D eigenvalue weighted by Crippen LogP contribution is 2.20. The summed E-state index contributed by atoms with van der Waals surface area (Å²) in [5.41, 5.74) is 0.444. The number of rotatable bonds is 3. The average molecular weight is 268 g/mol. The minimum absolute atomic E-state index is 0.360. The molecular weight excluding hydrogens is 246 g/mol. The van der Waals surface area contributed by atoms with Gasteiger partial charge in [-0.05, 0) is 18.9 Å². The topological polar surface area (TPSA) is 15.3 Å². The summed E-state index contributed by atoms with van der Waals surface area (Å²) in [6, 6.07) is 5.15. The van der Waals surface area contributed by atoms with Gasteiger partial charge in [0.25, 0.3) is 0 Å². The van der Waals surface area contributed by atoms with Crippen molar-refractivity contribution >= 4 is 0 Å². The number of halogens is 2. The van der Waals surface area contributed by atoms with Crippen molar-refractivity contribution in [3.8, 4) is 0 Å². The number of nitrogens with zero attached hydrogens (tertiary/aromatic N) is 1. The fourth-order valence-electron chi connectivity index (χ4n) is 2.73. The van der Waals surface area contributed by atoms with Crippen LogP contribution < -0.4 is 5.32 Å². The van der Waals surface area contributed by atoms with Gasteiger partial charge >= 0.3 is 0 Å². The molecule has 2 rings (SSSR count). The minimum Gasteiger partial charge on any atom is -0.311 e. The number of hydrogen-bond donors (Lipinski definition) is 1. The molecular formula is C15H22F2N2. The van der Waals surface area contributed by atoms with E-state index in [9.17, 15) is 8.78 Å². The zero-order valence-corrected chi connectivity index (χ0v) is 11.8. The molecule has 1 saturated heterocycles. The van der Waals surface area contributed by atoms with Crippen molar-refractivity contribution in [2.45, 2.75) is 39.4 Å². The van der Waals surface area contributed by atoms with E-state index in [1.165, 1.54) is 6.07 Å². The summed E-state index contributed by atoms with van der Waals surface area (Å²) >= 11 is 0. The molecule has 0 saturated carbocycles. The minimum atomic E-state index is -0.762. The van der Waals surface area contributed by atoms with E-state index < -0.39 is 11.6 Å². The summed E-state index contributed by atoms with van der Waals surface area (Å²) in [4.78, 5) is 2.25. The molecule has 2 atom stereocenters. The van der Waals surface area contributed by atoms with Gasteiger partial charge < -0.3 is 5.32 Å². The molecule has 1 aromatic rings. The van der Waals surface area contributed by atoms with Gasteiger partial charge in [-0.3, -0.25) is 4.90 Å². The van der Waals surface area contributed by atoms with Crippen molar-refractivity contribution in [2.75, 3.05) is 13.1 Å². The zero-order valence-electron chi connectivity index (χ0n) is 11.8. The monoisotopic (exact) mass is 268 g/mol. The Labute approximate surface area is 113 Å². The van der Waals surface area contributed by atoms with Crippen LogP contribution in [0.4, 0.5) is 8.78 Å². The third-order valence-corrected chi connectivity index (χ3v) is 3.83. The predicted octanol–water partition coefficient (Wildman–Crippen LogP) is 2.78. The normalized spacial score (nSPS) is 24.9. The fourth-order valence-corrected chi connectivity index (χ4v) is 2.73. The summed E-state index contributed by atoms with van der Waals surface area (Å²) in [6.45, 7) is 8.67. The Kier molecular flexibility index (Phi) is 4.53. The number of hydrogen-bond acceptors (Lipinski definition) is 2. The fraction of sp³-hybridized carbons (Fsp3) is 0.600. The third kappa shape index (κ3) is 3.31. The standard InChI is InChI=1S/C15H22F2N2/c1-10(2)14-7-18-11(3)8-19(14)9-12-5-4-6-13(16)15(12)17/h4-6,10-11,14,18H,7-9H2,1-3H3. The summed E-state index contributed by atoms with van der Waals surface area (Å²) in [5.74, 6) is -0.991. The highest BCUT2D eigenvalue weighted by molar-refractivity contribution is 5.19. The Morgan fingerprint density at radius 1 is 1.37 bits per heavy atom. The van der Waals surface area contributed by atoms with Crippen LogP contribution in [0.25, 0.3) is 0 Å². The molecule has 1 aliphatic rings. The highest BCUT2D eigenvalue weighted by Gasteiger charge is 2.28. The molecule has 0 spiro atoms. The second-order valence-electron chi connectivity index (χ2n) is 5.76. The number of benzene rings is 1. The van der Waals surface area contributed by atoms with E-state index in [0.717, 1.165) is 13.1 Å². The van der Waals surface area contributed by atoms with Crippen LogP contribution in [0.2, 0.25) is 0 Å². The maximum Gasteiger partial charge on any atom is 0.163 e. The van der Waals surface area contributed by atoms with Crippen molar-refractivity contribution < 1.29 is 8.78 Å². The van der Waals surface area contributed by atoms with Crippen LogP contribution >= 0.6 is 0 Å². The van der Waals surface area contributed by atoms with E-state index in [0.29, 0.717) is 30.1 Å². The largest absolute Gasteiger partial charge is 0.311 e. The third-order valence-electron chi connectivity index (χ3n) is 3.83. The van der Waals surface area contributed by atoms with E-state index in [2.05, 4.69) is 31.0 Å². The maximum absolute atomic E-state index is 13.8. The van der Waals surface area contributed by atoms with Crippen LogP contribution in [0.3, 0.4) is 0 Å². The van der Waals surface area contributed by atoms with E-state index >= 15 is 0 Å². The molecule has 19 heavy (non-hydrogen) atoms. The molecule has 0 bridgehead atoms. The van der Waals surface area contributed by atoms with E-state index in [1.807, 2.05) is 0 Å². The van der Waals surface area contributed by atoms with Gasteiger partial charge in [-0.15, -0.1) is 0 Å². The molecule has 1 aliphatic heterocycles. The molecule has 1 aromatic carbocycles. The Balaban J connectivity index is 2.16. The van der Waals surface area contributed by atoms with Crippen molar-refractivity contribution in [1.82, 2.24) is 10.2 Å². The molecule has 1 heterocycles. The summed E-state index contributed by atoms with van der Waals surface area (Å²) < 4.78 is 27.0. The van der Waals surface area contributed by atoms with Gasteiger partial charge in [0, 0.05) is 37.3 Å². The van der Waals surface area contributed by atoms with Crippen molar-refractivity contribution in [2.24, 2.45) is 5.92 Å².